The van der Waals surface area contributed by atoms with Crippen LogP contribution in [0.2, 0.25) is 0 Å². The van der Waals surface area contributed by atoms with Crippen LogP contribution in [0.4, 0.5) is 15.9 Å². The van der Waals surface area contributed by atoms with Crippen molar-refractivity contribution in [1.29, 1.82) is 0 Å². The molecule has 0 spiro atoms. The lowest BCUT2D eigenvalue weighted by atomic mass is 9.93. The third-order valence-corrected chi connectivity index (χ3v) is 7.69. The summed E-state index contributed by atoms with van der Waals surface area (Å²) in [6.07, 6.45) is 7.18. The molecule has 1 saturated heterocycles. The second-order valence-corrected chi connectivity index (χ2v) is 10.4. The molecule has 1 atom stereocenters. The number of anilines is 1. The number of nitrogens with zero attached hydrogens (tertiary/aromatic N) is 6. The molecule has 2 aliphatic rings. The van der Waals surface area contributed by atoms with Gasteiger partial charge in [-0.05, 0) is 56.4 Å². The van der Waals surface area contributed by atoms with Crippen LogP contribution in [-0.2, 0) is 4.74 Å². The van der Waals surface area contributed by atoms with Crippen LogP contribution in [0.15, 0.2) is 55.0 Å². The van der Waals surface area contributed by atoms with Crippen molar-refractivity contribution in [2.24, 2.45) is 0 Å². The Morgan fingerprint density at radius 3 is 2.54 bits per heavy atom. The number of halogens is 1. The topological polar surface area (TPSA) is 118 Å². The monoisotopic (exact) mass is 562 g/mol. The minimum Gasteiger partial charge on any atom is -0.484 e. The van der Waals surface area contributed by atoms with Gasteiger partial charge in [0.1, 0.15) is 23.8 Å². The van der Waals surface area contributed by atoms with E-state index in [4.69, 9.17) is 19.2 Å². The summed E-state index contributed by atoms with van der Waals surface area (Å²) in [5.41, 5.74) is 1.58. The molecule has 0 amide bonds. The Balaban J connectivity index is 1.24. The second-order valence-electron chi connectivity index (χ2n) is 10.4. The summed E-state index contributed by atoms with van der Waals surface area (Å²) < 4.78 is 33.4. The molecule has 4 aromatic rings. The van der Waals surface area contributed by atoms with Gasteiger partial charge >= 0.3 is 0 Å². The molecular weight excluding hydrogens is 531 g/mol. The maximum Gasteiger partial charge on any atom is 0.269 e. The molecule has 41 heavy (non-hydrogen) atoms. The first-order chi connectivity index (χ1) is 19.9. The fourth-order valence-corrected chi connectivity index (χ4v) is 5.41. The van der Waals surface area contributed by atoms with Crippen molar-refractivity contribution in [2.75, 3.05) is 31.2 Å². The van der Waals surface area contributed by atoms with Crippen molar-refractivity contribution in [3.05, 3.63) is 76.5 Å². The van der Waals surface area contributed by atoms with E-state index in [0.29, 0.717) is 24.8 Å². The molecule has 1 unspecified atom stereocenters. The van der Waals surface area contributed by atoms with Crippen LogP contribution in [0.1, 0.15) is 50.3 Å². The van der Waals surface area contributed by atoms with Crippen LogP contribution >= 0.6 is 0 Å². The van der Waals surface area contributed by atoms with Gasteiger partial charge in [0.05, 0.1) is 53.7 Å². The number of pyridine rings is 2. The van der Waals surface area contributed by atoms with E-state index in [9.17, 15) is 14.5 Å². The number of fused-ring (bicyclic) bond motifs is 1. The molecule has 2 fully saturated rings. The molecule has 0 bridgehead atoms. The maximum atomic E-state index is 13.5. The highest BCUT2D eigenvalue weighted by Gasteiger charge is 2.26. The Bertz CT molecular complexity index is 1520. The molecule has 0 N–H and O–H groups in total. The van der Waals surface area contributed by atoms with Gasteiger partial charge in [-0.25, -0.2) is 4.39 Å². The fraction of sp³-hybridized carbons (Fsp3) is 0.414. The minimum atomic E-state index is -0.425. The predicted octanol–water partition coefficient (Wildman–Crippen LogP) is 5.41. The molecule has 6 rings (SSSR count). The molecule has 4 heterocycles. The normalized spacial score (nSPS) is 20.1. The SMILES string of the molecule is CC(Oc1cnc2cc(N3CCOCC3)nc(OC3CCC(n4cc(F)cn4)CC3)c2c1)c1ccc([N+](=O)[O-])cc1. The summed E-state index contributed by atoms with van der Waals surface area (Å²) in [6.45, 7) is 4.62. The van der Waals surface area contributed by atoms with Gasteiger partial charge in [-0.15, -0.1) is 0 Å². The number of nitro benzene ring substituents is 1. The number of non-ortho nitro benzene ring substituents is 1. The van der Waals surface area contributed by atoms with Crippen LogP contribution in [0.3, 0.4) is 0 Å². The summed E-state index contributed by atoms with van der Waals surface area (Å²) in [6, 6.07) is 10.3. The number of morpholine rings is 1. The van der Waals surface area contributed by atoms with Crippen molar-refractivity contribution in [1.82, 2.24) is 19.7 Å². The molecule has 11 nitrogen and oxygen atoms in total. The standard InChI is InChI=1S/C29H31FN6O5/c1-19(20-2-4-23(5-3-20)36(37)38)40-25-14-26-27(31-17-25)15-28(34-10-12-39-13-11-34)33-29(26)41-24-8-6-22(7-9-24)35-18-21(30)16-32-35/h2-5,14-19,22,24H,6-13H2,1H3. The lowest BCUT2D eigenvalue weighted by molar-refractivity contribution is -0.384. The summed E-state index contributed by atoms with van der Waals surface area (Å²) in [7, 11) is 0. The number of ether oxygens (including phenoxy) is 3. The van der Waals surface area contributed by atoms with Crippen LogP contribution in [-0.4, -0.2) is 57.1 Å². The average Bonchev–Trinajstić information content (AvgIpc) is 3.44. The van der Waals surface area contributed by atoms with Gasteiger partial charge in [0, 0.05) is 31.3 Å². The number of hydrogen-bond donors (Lipinski definition) is 0. The number of nitro groups is 1. The summed E-state index contributed by atoms with van der Waals surface area (Å²) in [5, 5.41) is 15.9. The van der Waals surface area contributed by atoms with Crippen LogP contribution in [0.5, 0.6) is 11.6 Å². The van der Waals surface area contributed by atoms with Gasteiger partial charge in [0.25, 0.3) is 5.69 Å². The van der Waals surface area contributed by atoms with E-state index in [-0.39, 0.29) is 29.8 Å². The quantitative estimate of drug-likeness (QED) is 0.205. The highest BCUT2D eigenvalue weighted by Crippen LogP contribution is 2.35. The van der Waals surface area contributed by atoms with Crippen molar-refractivity contribution in [3.8, 4) is 11.6 Å². The molecular formula is C29H31FN6O5. The summed E-state index contributed by atoms with van der Waals surface area (Å²) in [5.74, 6) is 1.50. The van der Waals surface area contributed by atoms with Crippen molar-refractivity contribution < 1.29 is 23.5 Å². The van der Waals surface area contributed by atoms with E-state index in [2.05, 4.69) is 15.0 Å². The zero-order valence-electron chi connectivity index (χ0n) is 22.7. The third kappa shape index (κ3) is 6.07. The van der Waals surface area contributed by atoms with Gasteiger partial charge < -0.3 is 19.1 Å². The predicted molar refractivity (Wildman–Crippen MR) is 149 cm³/mol. The number of hydrogen-bond acceptors (Lipinski definition) is 9. The second kappa shape index (κ2) is 11.7. The molecule has 214 valence electrons. The first-order valence-corrected chi connectivity index (χ1v) is 13.8. The zero-order valence-corrected chi connectivity index (χ0v) is 22.7. The summed E-state index contributed by atoms with van der Waals surface area (Å²) in [4.78, 5) is 22.4. The Morgan fingerprint density at radius 2 is 1.85 bits per heavy atom. The lowest BCUT2D eigenvalue weighted by Crippen LogP contribution is -2.36. The minimum absolute atomic E-state index is 0.0306. The van der Waals surface area contributed by atoms with Gasteiger partial charge in [-0.2, -0.15) is 10.1 Å². The van der Waals surface area contributed by atoms with Crippen LogP contribution < -0.4 is 14.4 Å². The van der Waals surface area contributed by atoms with Crippen LogP contribution in [0.25, 0.3) is 10.9 Å². The molecule has 1 saturated carbocycles. The zero-order chi connectivity index (χ0) is 28.3. The molecule has 3 aromatic heterocycles. The number of benzene rings is 1. The van der Waals surface area contributed by atoms with E-state index in [0.717, 1.165) is 61.1 Å². The largest absolute Gasteiger partial charge is 0.484 e. The van der Waals surface area contributed by atoms with E-state index in [1.165, 1.54) is 24.5 Å². The van der Waals surface area contributed by atoms with Crippen molar-refractivity contribution in [2.45, 2.75) is 50.9 Å². The van der Waals surface area contributed by atoms with E-state index in [1.54, 1.807) is 23.0 Å². The number of rotatable bonds is 8. The smallest absolute Gasteiger partial charge is 0.269 e. The average molecular weight is 563 g/mol. The Kier molecular flexibility index (Phi) is 7.64. The van der Waals surface area contributed by atoms with Gasteiger partial charge in [-0.3, -0.25) is 19.8 Å². The van der Waals surface area contributed by atoms with Gasteiger partial charge in [-0.1, -0.05) is 0 Å². The maximum absolute atomic E-state index is 13.5. The molecule has 0 radical (unpaired) electrons. The molecule has 1 aromatic carbocycles. The van der Waals surface area contributed by atoms with Crippen molar-refractivity contribution in [3.63, 3.8) is 0 Å². The van der Waals surface area contributed by atoms with E-state index < -0.39 is 4.92 Å². The highest BCUT2D eigenvalue weighted by atomic mass is 19.1. The first kappa shape index (κ1) is 26.9. The van der Waals surface area contributed by atoms with Gasteiger partial charge in [0.2, 0.25) is 5.88 Å². The molecule has 12 heteroatoms. The van der Waals surface area contributed by atoms with Crippen LogP contribution in [0, 0.1) is 15.9 Å². The molecule has 1 aliphatic carbocycles. The Hall–Kier alpha value is -4.32. The number of aromatic nitrogens is 4. The van der Waals surface area contributed by atoms with Gasteiger partial charge in [0.15, 0.2) is 5.82 Å². The fourth-order valence-electron chi connectivity index (χ4n) is 5.41. The first-order valence-electron chi connectivity index (χ1n) is 13.8. The lowest BCUT2D eigenvalue weighted by Gasteiger charge is -2.30. The van der Waals surface area contributed by atoms with Crippen molar-refractivity contribution >= 4 is 22.4 Å². The Morgan fingerprint density at radius 1 is 1.10 bits per heavy atom. The van der Waals surface area contributed by atoms with E-state index in [1.807, 2.05) is 19.1 Å². The Labute approximate surface area is 236 Å². The third-order valence-electron chi connectivity index (χ3n) is 7.69. The van der Waals surface area contributed by atoms with E-state index >= 15 is 0 Å². The summed E-state index contributed by atoms with van der Waals surface area (Å²) >= 11 is 0. The molecule has 1 aliphatic heterocycles. The highest BCUT2D eigenvalue weighted by molar-refractivity contribution is 5.87.